The average Bonchev–Trinajstić information content (AvgIpc) is 3.43. The molecule has 0 radical (unpaired) electrons. The van der Waals surface area contributed by atoms with E-state index in [4.69, 9.17) is 4.74 Å². The van der Waals surface area contributed by atoms with Crippen molar-refractivity contribution in [2.45, 2.75) is 19.1 Å². The second-order valence-corrected chi connectivity index (χ2v) is 7.14. The van der Waals surface area contributed by atoms with Crippen molar-refractivity contribution in [3.05, 3.63) is 60.6 Å². The summed E-state index contributed by atoms with van der Waals surface area (Å²) in [6, 6.07) is 15.7. The van der Waals surface area contributed by atoms with Crippen molar-refractivity contribution < 1.29 is 9.84 Å². The molecular weight excluding hydrogens is 354 g/mol. The Morgan fingerprint density at radius 1 is 1.11 bits per heavy atom. The Hall–Kier alpha value is -3.16. The zero-order chi connectivity index (χ0) is 18.9. The van der Waals surface area contributed by atoms with Gasteiger partial charge in [0.05, 0.1) is 29.4 Å². The number of hydrogen-bond acceptors (Lipinski definition) is 5. The Balaban J connectivity index is 1.30. The van der Waals surface area contributed by atoms with Crippen molar-refractivity contribution in [3.8, 4) is 22.8 Å². The molecule has 7 nitrogen and oxygen atoms in total. The van der Waals surface area contributed by atoms with Crippen LogP contribution in [-0.4, -0.2) is 49.4 Å². The van der Waals surface area contributed by atoms with Gasteiger partial charge in [-0.05, 0) is 54.4 Å². The first kappa shape index (κ1) is 17.0. The Bertz CT molecular complexity index is 1070. The highest BCUT2D eigenvalue weighted by atomic mass is 16.5. The summed E-state index contributed by atoms with van der Waals surface area (Å²) in [5, 5.41) is 16.6. The van der Waals surface area contributed by atoms with Gasteiger partial charge in [0.25, 0.3) is 0 Å². The number of β-amino-alcohol motifs (C(OH)–C–C–N with tert-alkyl or cyclic N) is 1. The van der Waals surface area contributed by atoms with Crippen LogP contribution in [0.1, 0.15) is 12.2 Å². The van der Waals surface area contributed by atoms with Crippen LogP contribution in [0.3, 0.4) is 0 Å². The zero-order valence-electron chi connectivity index (χ0n) is 15.3. The second kappa shape index (κ2) is 7.10. The molecule has 1 aliphatic rings. The molecule has 4 aromatic rings. The molecule has 0 bridgehead atoms. The highest BCUT2D eigenvalue weighted by Crippen LogP contribution is 2.27. The maximum Gasteiger partial charge on any atom is 0.129 e. The summed E-state index contributed by atoms with van der Waals surface area (Å²) in [5.74, 6) is 2.44. The maximum absolute atomic E-state index is 9.67. The van der Waals surface area contributed by atoms with Crippen LogP contribution in [0.25, 0.3) is 22.3 Å². The van der Waals surface area contributed by atoms with Crippen LogP contribution >= 0.6 is 0 Å². The third-order valence-electron chi connectivity index (χ3n) is 5.03. The van der Waals surface area contributed by atoms with Gasteiger partial charge in [-0.2, -0.15) is 5.10 Å². The number of benzene rings is 2. The summed E-state index contributed by atoms with van der Waals surface area (Å²) in [6.45, 7) is 2.33. The fraction of sp³-hybridized carbons (Fsp3) is 0.238. The first-order chi connectivity index (χ1) is 13.7. The summed E-state index contributed by atoms with van der Waals surface area (Å²) in [7, 11) is 0. The molecule has 3 heterocycles. The lowest BCUT2D eigenvalue weighted by atomic mass is 10.1. The molecule has 1 fully saturated rings. The normalized spacial score (nSPS) is 17.4. The third kappa shape index (κ3) is 3.49. The van der Waals surface area contributed by atoms with Crippen LogP contribution in [0.4, 0.5) is 0 Å². The summed E-state index contributed by atoms with van der Waals surface area (Å²) in [5.41, 5.74) is 3.90. The maximum atomic E-state index is 9.67. The highest BCUT2D eigenvalue weighted by Gasteiger charge is 2.21. The molecule has 1 unspecified atom stereocenters. The van der Waals surface area contributed by atoms with Crippen molar-refractivity contribution in [2.75, 3.05) is 13.1 Å². The van der Waals surface area contributed by atoms with E-state index in [1.807, 2.05) is 48.5 Å². The van der Waals surface area contributed by atoms with Crippen molar-refractivity contribution >= 4 is 11.0 Å². The first-order valence-electron chi connectivity index (χ1n) is 9.40. The molecule has 2 aromatic carbocycles. The molecule has 7 heteroatoms. The van der Waals surface area contributed by atoms with Crippen LogP contribution < -0.4 is 4.74 Å². The number of aliphatic hydroxyl groups is 1. The van der Waals surface area contributed by atoms with Crippen LogP contribution in [0.5, 0.6) is 11.5 Å². The third-order valence-corrected chi connectivity index (χ3v) is 5.03. The number of likely N-dealkylation sites (tertiary alicyclic amines) is 1. The van der Waals surface area contributed by atoms with Crippen LogP contribution in [0.15, 0.2) is 54.7 Å². The lowest BCUT2D eigenvalue weighted by molar-refractivity contribution is 0.174. The fourth-order valence-electron chi connectivity index (χ4n) is 3.60. The number of aromatic nitrogens is 4. The molecular formula is C21H21N5O2. The summed E-state index contributed by atoms with van der Waals surface area (Å²) < 4.78 is 6.00. The van der Waals surface area contributed by atoms with E-state index in [0.29, 0.717) is 6.54 Å². The predicted octanol–water partition coefficient (Wildman–Crippen LogP) is 3.31. The van der Waals surface area contributed by atoms with E-state index in [1.165, 1.54) is 0 Å². The van der Waals surface area contributed by atoms with Crippen molar-refractivity contribution in [1.29, 1.82) is 0 Å². The lowest BCUT2D eigenvalue weighted by Crippen LogP contribution is -2.22. The van der Waals surface area contributed by atoms with Gasteiger partial charge >= 0.3 is 0 Å². The second-order valence-electron chi connectivity index (χ2n) is 7.14. The minimum atomic E-state index is -0.218. The monoisotopic (exact) mass is 375 g/mol. The summed E-state index contributed by atoms with van der Waals surface area (Å²) >= 11 is 0. The Morgan fingerprint density at radius 3 is 2.71 bits per heavy atom. The molecule has 28 heavy (non-hydrogen) atoms. The van der Waals surface area contributed by atoms with E-state index >= 15 is 0 Å². The largest absolute Gasteiger partial charge is 0.457 e. The molecule has 1 saturated heterocycles. The Morgan fingerprint density at radius 2 is 1.96 bits per heavy atom. The van der Waals surface area contributed by atoms with Gasteiger partial charge in [-0.15, -0.1) is 0 Å². The Kier molecular flexibility index (Phi) is 4.31. The molecule has 1 aliphatic heterocycles. The minimum Gasteiger partial charge on any atom is -0.457 e. The van der Waals surface area contributed by atoms with Gasteiger partial charge in [-0.25, -0.2) is 4.98 Å². The van der Waals surface area contributed by atoms with E-state index < -0.39 is 0 Å². The quantitative estimate of drug-likeness (QED) is 0.498. The zero-order valence-corrected chi connectivity index (χ0v) is 15.3. The number of aromatic amines is 2. The topological polar surface area (TPSA) is 90.1 Å². The molecule has 0 aliphatic carbocycles. The molecule has 3 N–H and O–H groups in total. The number of fused-ring (bicyclic) bond motifs is 1. The number of rotatable bonds is 5. The van der Waals surface area contributed by atoms with Gasteiger partial charge in [-0.1, -0.05) is 0 Å². The summed E-state index contributed by atoms with van der Waals surface area (Å²) in [4.78, 5) is 10.2. The highest BCUT2D eigenvalue weighted by molar-refractivity contribution is 5.77. The standard InChI is InChI=1S/C21H21N5O2/c27-15-8-10-26(12-15)13-21-23-19-6-5-17(11-20(19)24-21)28-16-3-1-14(2-4-16)18-7-9-22-25-18/h1-7,9,11,15,27H,8,10,12-13H2,(H,22,25)(H,23,24). The number of nitrogens with zero attached hydrogens (tertiary/aromatic N) is 3. The van der Waals surface area contributed by atoms with E-state index in [-0.39, 0.29) is 6.10 Å². The van der Waals surface area contributed by atoms with E-state index in [2.05, 4.69) is 25.1 Å². The number of aliphatic hydroxyl groups excluding tert-OH is 1. The van der Waals surface area contributed by atoms with Gasteiger partial charge in [0.1, 0.15) is 17.3 Å². The predicted molar refractivity (Wildman–Crippen MR) is 106 cm³/mol. The number of nitrogens with one attached hydrogen (secondary N) is 2. The van der Waals surface area contributed by atoms with Gasteiger partial charge in [0, 0.05) is 25.4 Å². The molecule has 142 valence electrons. The molecule has 0 amide bonds. The van der Waals surface area contributed by atoms with Crippen LogP contribution in [-0.2, 0) is 6.54 Å². The van der Waals surface area contributed by atoms with Crippen molar-refractivity contribution in [1.82, 2.24) is 25.1 Å². The fourth-order valence-corrected chi connectivity index (χ4v) is 3.60. The SMILES string of the molecule is OC1CCN(Cc2nc3ccc(Oc4ccc(-c5ccn[nH]5)cc4)cc3[nH]2)C1. The molecule has 0 saturated carbocycles. The number of ether oxygens (including phenoxy) is 1. The van der Waals surface area contributed by atoms with Crippen molar-refractivity contribution in [3.63, 3.8) is 0 Å². The first-order valence-corrected chi connectivity index (χ1v) is 9.40. The molecule has 0 spiro atoms. The lowest BCUT2D eigenvalue weighted by Gasteiger charge is -2.12. The van der Waals surface area contributed by atoms with Crippen LogP contribution in [0.2, 0.25) is 0 Å². The minimum absolute atomic E-state index is 0.218. The van der Waals surface area contributed by atoms with Gasteiger partial charge < -0.3 is 14.8 Å². The van der Waals surface area contributed by atoms with Crippen LogP contribution in [0, 0.1) is 0 Å². The number of H-pyrrole nitrogens is 2. The Labute approximate surface area is 162 Å². The number of hydrogen-bond donors (Lipinski definition) is 3. The van der Waals surface area contributed by atoms with E-state index in [9.17, 15) is 5.11 Å². The summed E-state index contributed by atoms with van der Waals surface area (Å²) in [6.07, 6.45) is 2.35. The number of imidazole rings is 1. The smallest absolute Gasteiger partial charge is 0.129 e. The average molecular weight is 375 g/mol. The molecule has 2 aromatic heterocycles. The molecule has 1 atom stereocenters. The van der Waals surface area contributed by atoms with E-state index in [0.717, 1.165) is 59.1 Å². The van der Waals surface area contributed by atoms with Gasteiger partial charge in [0.15, 0.2) is 0 Å². The van der Waals surface area contributed by atoms with Gasteiger partial charge in [0.2, 0.25) is 0 Å². The van der Waals surface area contributed by atoms with Crippen molar-refractivity contribution in [2.24, 2.45) is 0 Å². The van der Waals surface area contributed by atoms with Gasteiger partial charge in [-0.3, -0.25) is 10.00 Å². The molecule has 5 rings (SSSR count). The van der Waals surface area contributed by atoms with E-state index in [1.54, 1.807) is 6.20 Å².